The van der Waals surface area contributed by atoms with Gasteiger partial charge in [-0.15, -0.1) is 0 Å². The van der Waals surface area contributed by atoms with Crippen LogP contribution in [-0.2, 0) is 10.0 Å². The smallest absolute Gasteiger partial charge is 0.270 e. The second kappa shape index (κ2) is 8.96. The van der Waals surface area contributed by atoms with Crippen LogP contribution in [0.1, 0.15) is 10.5 Å². The molecule has 162 valence electrons. The van der Waals surface area contributed by atoms with E-state index >= 15 is 0 Å². The summed E-state index contributed by atoms with van der Waals surface area (Å²) in [7, 11) is -3.58. The van der Waals surface area contributed by atoms with Gasteiger partial charge in [0, 0.05) is 63.2 Å². The number of pyridine rings is 1. The molecular formula is C18H21Cl2N5O3S2. The fourth-order valence-corrected chi connectivity index (χ4v) is 6.58. The number of thioether (sulfide) groups is 1. The molecule has 2 aromatic rings. The van der Waals surface area contributed by atoms with Gasteiger partial charge in [0.15, 0.2) is 0 Å². The Balaban J connectivity index is 1.41. The highest BCUT2D eigenvalue weighted by Gasteiger charge is 2.29. The van der Waals surface area contributed by atoms with Crippen LogP contribution in [0.3, 0.4) is 0 Å². The minimum absolute atomic E-state index is 0.133. The van der Waals surface area contributed by atoms with Crippen LogP contribution in [0.2, 0.25) is 10.0 Å². The van der Waals surface area contributed by atoms with Gasteiger partial charge in [-0.1, -0.05) is 23.2 Å². The van der Waals surface area contributed by atoms with Gasteiger partial charge in [-0.3, -0.25) is 4.79 Å². The van der Waals surface area contributed by atoms with Crippen LogP contribution in [0.4, 0.5) is 5.82 Å². The molecule has 1 N–H and O–H groups in total. The fourth-order valence-electron chi connectivity index (χ4n) is 3.51. The molecule has 4 rings (SSSR count). The summed E-state index contributed by atoms with van der Waals surface area (Å²) in [5.74, 6) is 1.99. The average Bonchev–Trinajstić information content (AvgIpc) is 3.25. The molecule has 0 radical (unpaired) electrons. The minimum atomic E-state index is -3.58. The highest BCUT2D eigenvalue weighted by molar-refractivity contribution is 7.99. The quantitative estimate of drug-likeness (QED) is 0.708. The van der Waals surface area contributed by atoms with Gasteiger partial charge >= 0.3 is 0 Å². The van der Waals surface area contributed by atoms with Crippen molar-refractivity contribution >= 4 is 56.7 Å². The zero-order valence-electron chi connectivity index (χ0n) is 16.1. The van der Waals surface area contributed by atoms with Crippen LogP contribution in [0, 0.1) is 0 Å². The lowest BCUT2D eigenvalue weighted by molar-refractivity contribution is 0.0741. The summed E-state index contributed by atoms with van der Waals surface area (Å²) < 4.78 is 27.1. The first-order valence-corrected chi connectivity index (χ1v) is 12.8. The summed E-state index contributed by atoms with van der Waals surface area (Å²) >= 11 is 13.9. The lowest BCUT2D eigenvalue weighted by atomic mass is 10.2. The van der Waals surface area contributed by atoms with Crippen LogP contribution < -0.4 is 4.90 Å². The van der Waals surface area contributed by atoms with E-state index in [4.69, 9.17) is 23.2 Å². The van der Waals surface area contributed by atoms with Gasteiger partial charge in [-0.2, -0.15) is 16.1 Å². The number of halogens is 2. The van der Waals surface area contributed by atoms with Crippen LogP contribution >= 0.6 is 35.0 Å². The number of carbonyl (C=O) groups is 1. The van der Waals surface area contributed by atoms with Gasteiger partial charge in [0.05, 0.1) is 10.0 Å². The molecule has 0 atom stereocenters. The van der Waals surface area contributed by atoms with Crippen molar-refractivity contribution in [1.82, 2.24) is 19.2 Å². The van der Waals surface area contributed by atoms with Crippen LogP contribution in [0.15, 0.2) is 29.4 Å². The zero-order valence-corrected chi connectivity index (χ0v) is 19.2. The number of carbonyl (C=O) groups excluding carboxylic acids is 1. The van der Waals surface area contributed by atoms with Gasteiger partial charge in [-0.25, -0.2) is 13.4 Å². The molecule has 0 saturated carbocycles. The van der Waals surface area contributed by atoms with Crippen molar-refractivity contribution in [2.24, 2.45) is 0 Å². The number of H-pyrrole nitrogens is 1. The van der Waals surface area contributed by atoms with Gasteiger partial charge in [0.2, 0.25) is 10.0 Å². The third-order valence-electron chi connectivity index (χ3n) is 5.15. The van der Waals surface area contributed by atoms with Crippen LogP contribution in [-0.4, -0.2) is 84.3 Å². The SMILES string of the molecule is O=C(c1cc(S(=O)(=O)N2CCSCC2)c[nH]1)N1CCN(c2ncc(Cl)cc2Cl)CC1. The average molecular weight is 490 g/mol. The molecule has 0 aromatic carbocycles. The number of aromatic amines is 1. The number of aromatic nitrogens is 2. The fraction of sp³-hybridized carbons (Fsp3) is 0.444. The van der Waals surface area contributed by atoms with Gasteiger partial charge < -0.3 is 14.8 Å². The van der Waals surface area contributed by atoms with Gasteiger partial charge in [0.25, 0.3) is 5.91 Å². The molecular weight excluding hydrogens is 469 g/mol. The topological polar surface area (TPSA) is 89.6 Å². The molecule has 2 aromatic heterocycles. The largest absolute Gasteiger partial charge is 0.356 e. The number of hydrogen-bond acceptors (Lipinski definition) is 6. The lowest BCUT2D eigenvalue weighted by Gasteiger charge is -2.35. The van der Waals surface area contributed by atoms with E-state index in [1.165, 1.54) is 16.6 Å². The first-order chi connectivity index (χ1) is 14.4. The monoisotopic (exact) mass is 489 g/mol. The molecule has 30 heavy (non-hydrogen) atoms. The summed E-state index contributed by atoms with van der Waals surface area (Å²) in [5.41, 5.74) is 0.274. The van der Waals surface area contributed by atoms with E-state index in [0.717, 1.165) is 11.5 Å². The summed E-state index contributed by atoms with van der Waals surface area (Å²) in [5, 5.41) is 0.941. The van der Waals surface area contributed by atoms with Crippen molar-refractivity contribution in [3.05, 3.63) is 40.3 Å². The maximum Gasteiger partial charge on any atom is 0.270 e. The second-order valence-corrected chi connectivity index (χ2v) is 11.0. The number of hydrogen-bond donors (Lipinski definition) is 1. The Kier molecular flexibility index (Phi) is 6.50. The lowest BCUT2D eigenvalue weighted by Crippen LogP contribution is -2.49. The van der Waals surface area contributed by atoms with E-state index in [1.807, 2.05) is 4.90 Å². The normalized spacial score (nSPS) is 18.6. The van der Waals surface area contributed by atoms with E-state index in [1.54, 1.807) is 28.9 Å². The highest BCUT2D eigenvalue weighted by Crippen LogP contribution is 2.27. The Hall–Kier alpha value is -1.46. The number of sulfonamides is 1. The summed E-state index contributed by atoms with van der Waals surface area (Å²) in [6.07, 6.45) is 2.94. The van der Waals surface area contributed by atoms with Gasteiger partial charge in [-0.05, 0) is 12.1 Å². The van der Waals surface area contributed by atoms with Crippen molar-refractivity contribution in [1.29, 1.82) is 0 Å². The zero-order chi connectivity index (χ0) is 21.3. The van der Waals surface area contributed by atoms with E-state index in [2.05, 4.69) is 9.97 Å². The third kappa shape index (κ3) is 4.43. The number of rotatable bonds is 4. The van der Waals surface area contributed by atoms with E-state index in [9.17, 15) is 13.2 Å². The maximum absolute atomic E-state index is 12.9. The third-order valence-corrected chi connectivity index (χ3v) is 8.45. The number of anilines is 1. The van der Waals surface area contributed by atoms with Crippen molar-refractivity contribution in [2.75, 3.05) is 55.7 Å². The molecule has 0 aliphatic carbocycles. The Morgan fingerprint density at radius 1 is 1.07 bits per heavy atom. The first kappa shape index (κ1) is 21.8. The molecule has 0 bridgehead atoms. The second-order valence-electron chi connectivity index (χ2n) is 7.00. The predicted octanol–water partition coefficient (Wildman–Crippen LogP) is 2.42. The molecule has 8 nitrogen and oxygen atoms in total. The number of amides is 1. The molecule has 0 spiro atoms. The highest BCUT2D eigenvalue weighted by atomic mass is 35.5. The molecule has 4 heterocycles. The molecule has 2 fully saturated rings. The van der Waals surface area contributed by atoms with Crippen molar-refractivity contribution in [3.8, 4) is 0 Å². The Bertz CT molecular complexity index is 1030. The standard InChI is InChI=1S/C18H21Cl2N5O3S2/c19-13-9-15(20)17(22-11-13)23-1-3-24(4-2-23)18(26)16-10-14(12-21-16)30(27,28)25-5-7-29-8-6-25/h9-12,21H,1-8H2. The van der Waals surface area contributed by atoms with Crippen LogP contribution in [0.5, 0.6) is 0 Å². The number of piperazine rings is 1. The van der Waals surface area contributed by atoms with E-state index in [-0.39, 0.29) is 16.5 Å². The van der Waals surface area contributed by atoms with Crippen molar-refractivity contribution in [2.45, 2.75) is 4.90 Å². The van der Waals surface area contributed by atoms with Crippen molar-refractivity contribution in [3.63, 3.8) is 0 Å². The molecule has 1 amide bonds. The van der Waals surface area contributed by atoms with E-state index in [0.29, 0.717) is 55.1 Å². The maximum atomic E-state index is 12.9. The summed E-state index contributed by atoms with van der Waals surface area (Å²) in [4.78, 5) is 23.8. The van der Waals surface area contributed by atoms with Gasteiger partial charge in [0.1, 0.15) is 16.4 Å². The molecule has 12 heteroatoms. The molecule has 0 unspecified atom stereocenters. The number of nitrogens with one attached hydrogen (secondary N) is 1. The molecule has 2 saturated heterocycles. The minimum Gasteiger partial charge on any atom is -0.356 e. The Morgan fingerprint density at radius 3 is 2.43 bits per heavy atom. The van der Waals surface area contributed by atoms with E-state index < -0.39 is 10.0 Å². The summed E-state index contributed by atoms with van der Waals surface area (Å²) in [6, 6.07) is 3.08. The Morgan fingerprint density at radius 2 is 1.77 bits per heavy atom. The van der Waals surface area contributed by atoms with Crippen LogP contribution in [0.25, 0.3) is 0 Å². The first-order valence-electron chi connectivity index (χ1n) is 9.48. The predicted molar refractivity (Wildman–Crippen MR) is 119 cm³/mol. The van der Waals surface area contributed by atoms with Crippen molar-refractivity contribution < 1.29 is 13.2 Å². The summed E-state index contributed by atoms with van der Waals surface area (Å²) in [6.45, 7) is 3.07. The molecule has 2 aliphatic heterocycles. The number of nitrogens with zero attached hydrogens (tertiary/aromatic N) is 4. The Labute approximate surface area is 189 Å². The molecule has 2 aliphatic rings.